The molecule has 0 aliphatic rings. The lowest BCUT2D eigenvalue weighted by Crippen LogP contribution is -2.44. The number of rotatable bonds is 8. The highest BCUT2D eigenvalue weighted by molar-refractivity contribution is 7.09. The molecule has 0 aliphatic carbocycles. The van der Waals surface area contributed by atoms with Gasteiger partial charge in [-0.2, -0.15) is 0 Å². The standard InChI is InChI=1S/C26H23N5O3S/c32-22(27-14-21-12-7-13-35-21)17-31-25(33)23-24(28-18-29(23)15-19-8-3-1-4-9-19)30(26(31)34)16-20-10-5-2-6-11-20/h1-13,18H,14-17H2,(H,27,32). The molecule has 1 N–H and O–H groups in total. The average Bonchev–Trinajstić information content (AvgIpc) is 3.55. The van der Waals surface area contributed by atoms with Crippen LogP contribution >= 0.6 is 11.3 Å². The summed E-state index contributed by atoms with van der Waals surface area (Å²) in [6.45, 7) is 0.623. The zero-order valence-corrected chi connectivity index (χ0v) is 19.6. The van der Waals surface area contributed by atoms with E-state index in [1.165, 1.54) is 15.9 Å². The van der Waals surface area contributed by atoms with Gasteiger partial charge in [0.05, 0.1) is 19.4 Å². The van der Waals surface area contributed by atoms with Gasteiger partial charge in [-0.25, -0.2) is 14.3 Å². The Hall–Kier alpha value is -4.24. The van der Waals surface area contributed by atoms with E-state index < -0.39 is 17.2 Å². The number of benzene rings is 2. The Labute approximate surface area is 204 Å². The molecule has 0 aliphatic heterocycles. The number of nitrogens with zero attached hydrogens (tertiary/aromatic N) is 4. The Kier molecular flexibility index (Phi) is 6.40. The number of hydrogen-bond donors (Lipinski definition) is 1. The first-order chi connectivity index (χ1) is 17.1. The number of nitrogens with one attached hydrogen (secondary N) is 1. The molecule has 0 unspecified atom stereocenters. The molecule has 1 amide bonds. The van der Waals surface area contributed by atoms with Crippen LogP contribution in [0.5, 0.6) is 0 Å². The van der Waals surface area contributed by atoms with Crippen LogP contribution in [-0.2, 0) is 31.0 Å². The molecule has 2 aromatic carbocycles. The van der Waals surface area contributed by atoms with Gasteiger partial charge < -0.3 is 9.88 Å². The normalized spacial score (nSPS) is 11.1. The highest BCUT2D eigenvalue weighted by Gasteiger charge is 2.20. The molecule has 5 rings (SSSR count). The molecule has 0 saturated heterocycles. The van der Waals surface area contributed by atoms with Crippen LogP contribution in [0.1, 0.15) is 16.0 Å². The largest absolute Gasteiger partial charge is 0.350 e. The molecule has 3 heterocycles. The van der Waals surface area contributed by atoms with Gasteiger partial charge in [-0.1, -0.05) is 66.7 Å². The van der Waals surface area contributed by atoms with E-state index in [-0.39, 0.29) is 18.6 Å². The molecule has 9 heteroatoms. The van der Waals surface area contributed by atoms with Crippen molar-refractivity contribution in [3.63, 3.8) is 0 Å². The summed E-state index contributed by atoms with van der Waals surface area (Å²) in [6.07, 6.45) is 1.57. The first-order valence-corrected chi connectivity index (χ1v) is 12.0. The molecule has 8 nitrogen and oxygen atoms in total. The third-order valence-electron chi connectivity index (χ3n) is 5.70. The highest BCUT2D eigenvalue weighted by Crippen LogP contribution is 2.12. The fraction of sp³-hybridized carbons (Fsp3) is 0.154. The van der Waals surface area contributed by atoms with Crippen LogP contribution in [0.2, 0.25) is 0 Å². The van der Waals surface area contributed by atoms with Gasteiger partial charge in [-0.3, -0.25) is 14.2 Å². The van der Waals surface area contributed by atoms with Gasteiger partial charge in [-0.05, 0) is 22.6 Å². The fourth-order valence-corrected chi connectivity index (χ4v) is 4.63. The van der Waals surface area contributed by atoms with Gasteiger partial charge in [0.1, 0.15) is 6.54 Å². The van der Waals surface area contributed by atoms with Gasteiger partial charge in [0, 0.05) is 11.4 Å². The van der Waals surface area contributed by atoms with Gasteiger partial charge in [0.15, 0.2) is 11.2 Å². The van der Waals surface area contributed by atoms with Crippen molar-refractivity contribution in [1.29, 1.82) is 0 Å². The summed E-state index contributed by atoms with van der Waals surface area (Å²) in [5.41, 5.74) is 1.37. The number of thiophene rings is 1. The maximum Gasteiger partial charge on any atom is 0.333 e. The second-order valence-electron chi connectivity index (χ2n) is 8.13. The number of carbonyl (C=O) groups is 1. The lowest BCUT2D eigenvalue weighted by atomic mass is 10.2. The molecule has 0 saturated carbocycles. The molecular weight excluding hydrogens is 462 g/mol. The van der Waals surface area contributed by atoms with E-state index in [4.69, 9.17) is 0 Å². The van der Waals surface area contributed by atoms with E-state index in [1.54, 1.807) is 10.9 Å². The third kappa shape index (κ3) is 4.85. The minimum Gasteiger partial charge on any atom is -0.350 e. The minimum absolute atomic E-state index is 0.232. The topological polar surface area (TPSA) is 90.9 Å². The van der Waals surface area contributed by atoms with Crippen molar-refractivity contribution in [2.45, 2.75) is 26.2 Å². The van der Waals surface area contributed by atoms with Gasteiger partial charge in [0.2, 0.25) is 5.91 Å². The van der Waals surface area contributed by atoms with Crippen LogP contribution < -0.4 is 16.6 Å². The Morgan fingerprint density at radius 3 is 2.20 bits per heavy atom. The zero-order valence-electron chi connectivity index (χ0n) is 18.8. The van der Waals surface area contributed by atoms with Gasteiger partial charge >= 0.3 is 5.69 Å². The van der Waals surface area contributed by atoms with Crippen LogP contribution in [0.3, 0.4) is 0 Å². The molecule has 176 valence electrons. The first-order valence-electron chi connectivity index (χ1n) is 11.2. The van der Waals surface area contributed by atoms with E-state index in [0.29, 0.717) is 18.7 Å². The van der Waals surface area contributed by atoms with Crippen molar-refractivity contribution in [3.8, 4) is 0 Å². The third-order valence-corrected chi connectivity index (χ3v) is 6.58. The maximum atomic E-state index is 13.5. The zero-order chi connectivity index (χ0) is 24.2. The first kappa shape index (κ1) is 22.5. The number of imidazole rings is 1. The summed E-state index contributed by atoms with van der Waals surface area (Å²) in [4.78, 5) is 45.1. The van der Waals surface area contributed by atoms with E-state index in [1.807, 2.05) is 78.2 Å². The molecule has 0 atom stereocenters. The number of amides is 1. The van der Waals surface area contributed by atoms with Crippen LogP contribution in [0, 0.1) is 0 Å². The Balaban J connectivity index is 1.56. The summed E-state index contributed by atoms with van der Waals surface area (Å²) in [6, 6.07) is 23.0. The van der Waals surface area contributed by atoms with Crippen LogP contribution in [0.25, 0.3) is 11.2 Å². The van der Waals surface area contributed by atoms with Crippen molar-refractivity contribution >= 4 is 28.4 Å². The lowest BCUT2D eigenvalue weighted by molar-refractivity contribution is -0.121. The average molecular weight is 486 g/mol. The van der Waals surface area contributed by atoms with Crippen LogP contribution in [0.15, 0.2) is 94.1 Å². The molecule has 5 aromatic rings. The summed E-state index contributed by atoms with van der Waals surface area (Å²) in [5, 5.41) is 4.72. The summed E-state index contributed by atoms with van der Waals surface area (Å²) in [7, 11) is 0. The van der Waals surface area contributed by atoms with E-state index in [9.17, 15) is 14.4 Å². The molecular formula is C26H23N5O3S. The van der Waals surface area contributed by atoms with E-state index >= 15 is 0 Å². The smallest absolute Gasteiger partial charge is 0.333 e. The molecule has 0 bridgehead atoms. The summed E-state index contributed by atoms with van der Waals surface area (Å²) in [5.74, 6) is -0.405. The minimum atomic E-state index is -0.567. The number of fused-ring (bicyclic) bond motifs is 1. The van der Waals surface area contributed by atoms with Crippen molar-refractivity contribution in [3.05, 3.63) is 121 Å². The SMILES string of the molecule is O=C(Cn1c(=O)c2c(ncn2Cc2ccccc2)n(Cc2ccccc2)c1=O)NCc1cccs1. The van der Waals surface area contributed by atoms with Crippen LogP contribution in [0.4, 0.5) is 0 Å². The molecule has 3 aromatic heterocycles. The maximum absolute atomic E-state index is 13.5. The Bertz CT molecular complexity index is 1570. The predicted octanol–water partition coefficient (Wildman–Crippen LogP) is 2.83. The van der Waals surface area contributed by atoms with Gasteiger partial charge in [-0.15, -0.1) is 11.3 Å². The highest BCUT2D eigenvalue weighted by atomic mass is 32.1. The Morgan fingerprint density at radius 1 is 0.857 bits per heavy atom. The van der Waals surface area contributed by atoms with Gasteiger partial charge in [0.25, 0.3) is 5.56 Å². The number of hydrogen-bond acceptors (Lipinski definition) is 5. The number of aromatic nitrogens is 4. The summed E-state index contributed by atoms with van der Waals surface area (Å²) >= 11 is 1.53. The van der Waals surface area contributed by atoms with Crippen molar-refractivity contribution in [2.24, 2.45) is 0 Å². The second kappa shape index (κ2) is 9.94. The predicted molar refractivity (Wildman–Crippen MR) is 136 cm³/mol. The molecule has 0 radical (unpaired) electrons. The van der Waals surface area contributed by atoms with Crippen molar-refractivity contribution < 1.29 is 4.79 Å². The van der Waals surface area contributed by atoms with Crippen LogP contribution in [-0.4, -0.2) is 24.6 Å². The lowest BCUT2D eigenvalue weighted by Gasteiger charge is -2.13. The summed E-state index contributed by atoms with van der Waals surface area (Å²) < 4.78 is 4.19. The molecule has 35 heavy (non-hydrogen) atoms. The van der Waals surface area contributed by atoms with Crippen molar-refractivity contribution in [2.75, 3.05) is 0 Å². The monoisotopic (exact) mass is 485 g/mol. The fourth-order valence-electron chi connectivity index (χ4n) is 3.99. The molecule has 0 fully saturated rings. The quantitative estimate of drug-likeness (QED) is 0.366. The second-order valence-corrected chi connectivity index (χ2v) is 9.16. The molecule has 0 spiro atoms. The van der Waals surface area contributed by atoms with E-state index in [2.05, 4.69) is 10.3 Å². The Morgan fingerprint density at radius 2 is 1.54 bits per heavy atom. The number of carbonyl (C=O) groups excluding carboxylic acids is 1. The van der Waals surface area contributed by atoms with Crippen molar-refractivity contribution in [1.82, 2.24) is 24.0 Å². The van der Waals surface area contributed by atoms with E-state index in [0.717, 1.165) is 20.6 Å².